The zero-order chi connectivity index (χ0) is 18.9. The Kier molecular flexibility index (Phi) is 4.72. The highest BCUT2D eigenvalue weighted by atomic mass is 32.2. The number of benzene rings is 2. The van der Waals surface area contributed by atoms with Gasteiger partial charge in [0.2, 0.25) is 6.08 Å². The highest BCUT2D eigenvalue weighted by molar-refractivity contribution is 7.90. The lowest BCUT2D eigenvalue weighted by atomic mass is 10.0. The zero-order valence-electron chi connectivity index (χ0n) is 14.3. The minimum absolute atomic E-state index is 0.135. The number of allylic oxidation sites excluding steroid dienone is 2. The molecule has 132 valence electrons. The summed E-state index contributed by atoms with van der Waals surface area (Å²) in [4.78, 5) is 14.4. The first-order valence-corrected chi connectivity index (χ1v) is 9.76. The summed E-state index contributed by atoms with van der Waals surface area (Å²) >= 11 is 0. The minimum Gasteiger partial charge on any atom is -0.224 e. The van der Waals surface area contributed by atoms with Gasteiger partial charge in [0.25, 0.3) is 0 Å². The van der Waals surface area contributed by atoms with Crippen LogP contribution < -0.4 is 0 Å². The van der Waals surface area contributed by atoms with Gasteiger partial charge in [-0.05, 0) is 70.7 Å². The number of rotatable bonds is 4. The Morgan fingerprint density at radius 1 is 1.12 bits per heavy atom. The van der Waals surface area contributed by atoms with Gasteiger partial charge in [0.15, 0.2) is 9.84 Å². The van der Waals surface area contributed by atoms with Crippen LogP contribution in [0.5, 0.6) is 0 Å². The SMILES string of the molecule is CC1=C(CN=C=O)c2cc(F)ccc2C1=Cc1ccc(S(C)(=O)=O)cc1. The molecule has 0 saturated carbocycles. The van der Waals surface area contributed by atoms with Crippen molar-refractivity contribution < 1.29 is 17.6 Å². The second-order valence-corrected chi connectivity index (χ2v) is 8.12. The first kappa shape index (κ1) is 18.0. The van der Waals surface area contributed by atoms with Crippen LogP contribution in [0.1, 0.15) is 23.6 Å². The molecule has 1 aliphatic rings. The predicted octanol–water partition coefficient (Wildman–Crippen LogP) is 3.89. The minimum atomic E-state index is -3.25. The highest BCUT2D eigenvalue weighted by Crippen LogP contribution is 2.42. The second-order valence-electron chi connectivity index (χ2n) is 6.10. The molecule has 26 heavy (non-hydrogen) atoms. The molecule has 0 radical (unpaired) electrons. The summed E-state index contributed by atoms with van der Waals surface area (Å²) in [6.07, 6.45) is 4.59. The van der Waals surface area contributed by atoms with Crippen LogP contribution >= 0.6 is 0 Å². The van der Waals surface area contributed by atoms with Crippen molar-refractivity contribution in [2.45, 2.75) is 11.8 Å². The highest BCUT2D eigenvalue weighted by Gasteiger charge is 2.24. The molecule has 0 spiro atoms. The van der Waals surface area contributed by atoms with Gasteiger partial charge in [0, 0.05) is 6.26 Å². The van der Waals surface area contributed by atoms with E-state index in [1.165, 1.54) is 18.2 Å². The van der Waals surface area contributed by atoms with Crippen molar-refractivity contribution in [1.29, 1.82) is 0 Å². The van der Waals surface area contributed by atoms with E-state index < -0.39 is 9.84 Å². The third kappa shape index (κ3) is 3.43. The van der Waals surface area contributed by atoms with Gasteiger partial charge in [-0.25, -0.2) is 22.6 Å². The quantitative estimate of drug-likeness (QED) is 0.607. The van der Waals surface area contributed by atoms with E-state index in [1.807, 2.05) is 13.0 Å². The van der Waals surface area contributed by atoms with Crippen molar-refractivity contribution in [1.82, 2.24) is 0 Å². The maximum atomic E-state index is 13.7. The van der Waals surface area contributed by atoms with Gasteiger partial charge in [-0.1, -0.05) is 18.2 Å². The van der Waals surface area contributed by atoms with Crippen LogP contribution in [0.3, 0.4) is 0 Å². The molecule has 0 N–H and O–H groups in total. The van der Waals surface area contributed by atoms with E-state index in [2.05, 4.69) is 4.99 Å². The maximum absolute atomic E-state index is 13.7. The van der Waals surface area contributed by atoms with E-state index in [0.717, 1.165) is 34.1 Å². The molecule has 2 aromatic carbocycles. The molecule has 0 bridgehead atoms. The lowest BCUT2D eigenvalue weighted by Crippen LogP contribution is -1.96. The molecule has 0 heterocycles. The number of isocyanates is 1. The van der Waals surface area contributed by atoms with Crippen LogP contribution in [-0.2, 0) is 14.6 Å². The summed E-state index contributed by atoms with van der Waals surface area (Å²) in [5.74, 6) is -0.358. The van der Waals surface area contributed by atoms with Gasteiger partial charge >= 0.3 is 0 Å². The van der Waals surface area contributed by atoms with Crippen molar-refractivity contribution in [3.63, 3.8) is 0 Å². The Morgan fingerprint density at radius 2 is 1.81 bits per heavy atom. The van der Waals surface area contributed by atoms with Crippen LogP contribution in [0, 0.1) is 5.82 Å². The van der Waals surface area contributed by atoms with Crippen molar-refractivity contribution in [2.75, 3.05) is 12.8 Å². The fourth-order valence-corrected chi connectivity index (χ4v) is 3.68. The van der Waals surface area contributed by atoms with Crippen molar-refractivity contribution in [3.8, 4) is 0 Å². The molecule has 0 aromatic heterocycles. The molecule has 1 aliphatic carbocycles. The van der Waals surface area contributed by atoms with Crippen LogP contribution in [0.25, 0.3) is 17.2 Å². The molecule has 3 rings (SSSR count). The van der Waals surface area contributed by atoms with Crippen molar-refractivity contribution in [2.24, 2.45) is 4.99 Å². The molecule has 6 heteroatoms. The molecule has 2 aromatic rings. The number of hydrogen-bond donors (Lipinski definition) is 0. The summed E-state index contributed by atoms with van der Waals surface area (Å²) in [6.45, 7) is 2.03. The summed E-state index contributed by atoms with van der Waals surface area (Å²) < 4.78 is 36.8. The number of carbonyl (C=O) groups excluding carboxylic acids is 1. The predicted molar refractivity (Wildman–Crippen MR) is 99.4 cm³/mol. The summed E-state index contributed by atoms with van der Waals surface area (Å²) in [7, 11) is -3.25. The van der Waals surface area contributed by atoms with E-state index in [4.69, 9.17) is 0 Å². The lowest BCUT2D eigenvalue weighted by Gasteiger charge is -2.05. The monoisotopic (exact) mass is 369 g/mol. The molecule has 0 aliphatic heterocycles. The van der Waals surface area contributed by atoms with Crippen LogP contribution in [0.15, 0.2) is 57.9 Å². The molecular formula is C20H16FNO3S. The standard InChI is InChI=1S/C20H16FNO3S/c1-13-18(9-14-3-6-16(7-4-14)26(2,24)25)17-8-5-15(21)10-19(17)20(13)11-22-12-23/h3-10H,11H2,1-2H3. The Balaban J connectivity index is 2.10. The van der Waals surface area contributed by atoms with Crippen LogP contribution in [-0.4, -0.2) is 27.3 Å². The molecule has 0 saturated heterocycles. The fourth-order valence-electron chi connectivity index (χ4n) is 3.05. The molecule has 0 fully saturated rings. The zero-order valence-corrected chi connectivity index (χ0v) is 15.1. The Morgan fingerprint density at radius 3 is 2.42 bits per heavy atom. The molecular weight excluding hydrogens is 353 g/mol. The number of nitrogens with zero attached hydrogens (tertiary/aromatic N) is 1. The Labute approximate surface area is 151 Å². The first-order valence-electron chi connectivity index (χ1n) is 7.87. The third-order valence-electron chi connectivity index (χ3n) is 4.37. The number of fused-ring (bicyclic) bond motifs is 1. The third-order valence-corrected chi connectivity index (χ3v) is 5.50. The first-order chi connectivity index (χ1) is 12.3. The second kappa shape index (κ2) is 6.83. The normalized spacial score (nSPS) is 15.1. The number of sulfone groups is 1. The summed E-state index contributed by atoms with van der Waals surface area (Å²) in [5, 5.41) is 0. The van der Waals surface area contributed by atoms with Crippen LogP contribution in [0.4, 0.5) is 4.39 Å². The van der Waals surface area contributed by atoms with Gasteiger partial charge < -0.3 is 0 Å². The van der Waals surface area contributed by atoms with E-state index >= 15 is 0 Å². The van der Waals surface area contributed by atoms with E-state index in [9.17, 15) is 17.6 Å². The topological polar surface area (TPSA) is 63.6 Å². The van der Waals surface area contributed by atoms with Gasteiger partial charge in [-0.3, -0.25) is 0 Å². The summed E-state index contributed by atoms with van der Waals surface area (Å²) in [6, 6.07) is 11.1. The lowest BCUT2D eigenvalue weighted by molar-refractivity contribution is 0.564. The van der Waals surface area contributed by atoms with Crippen LogP contribution in [0.2, 0.25) is 0 Å². The molecule has 0 amide bonds. The Bertz CT molecular complexity index is 1090. The number of hydrogen-bond acceptors (Lipinski definition) is 4. The molecule has 4 nitrogen and oxygen atoms in total. The average Bonchev–Trinajstić information content (AvgIpc) is 2.84. The van der Waals surface area contributed by atoms with Gasteiger partial charge in [-0.15, -0.1) is 0 Å². The number of aliphatic imine (C=N–C) groups is 1. The smallest absolute Gasteiger partial charge is 0.224 e. The largest absolute Gasteiger partial charge is 0.235 e. The van der Waals surface area contributed by atoms with Gasteiger partial charge in [0.05, 0.1) is 11.4 Å². The fraction of sp³-hybridized carbons (Fsp3) is 0.150. The summed E-state index contributed by atoms with van der Waals surface area (Å²) in [5.41, 5.74) is 4.96. The van der Waals surface area contributed by atoms with E-state index in [-0.39, 0.29) is 17.3 Å². The van der Waals surface area contributed by atoms with E-state index in [0.29, 0.717) is 5.56 Å². The van der Waals surface area contributed by atoms with Crippen molar-refractivity contribution in [3.05, 3.63) is 70.5 Å². The molecule has 0 atom stereocenters. The molecule has 0 unspecified atom stereocenters. The maximum Gasteiger partial charge on any atom is 0.235 e. The van der Waals surface area contributed by atoms with E-state index in [1.54, 1.807) is 30.3 Å². The van der Waals surface area contributed by atoms with Gasteiger partial charge in [0.1, 0.15) is 5.82 Å². The van der Waals surface area contributed by atoms with Gasteiger partial charge in [-0.2, -0.15) is 0 Å². The van der Waals surface area contributed by atoms with Crippen molar-refractivity contribution >= 4 is 33.1 Å². The average molecular weight is 369 g/mol. The Hall–Kier alpha value is -2.82. The number of halogens is 1.